The summed E-state index contributed by atoms with van der Waals surface area (Å²) < 4.78 is 31.3. The molecule has 0 aliphatic rings. The van der Waals surface area contributed by atoms with Crippen molar-refractivity contribution in [3.05, 3.63) is 94.0 Å². The Labute approximate surface area is 189 Å². The average molecular weight is 497 g/mol. The van der Waals surface area contributed by atoms with Gasteiger partial charge in [-0.3, -0.25) is 4.79 Å². The van der Waals surface area contributed by atoms with Gasteiger partial charge in [0.2, 0.25) is 0 Å². The van der Waals surface area contributed by atoms with Gasteiger partial charge in [0.05, 0.1) is 0 Å². The SMILES string of the molecule is Cc1ccc(S(=O)(=O)Oc2ccc(Br)cc2/C=C(\C#N)C(=O)Nc2ccccc2)cc1. The summed E-state index contributed by atoms with van der Waals surface area (Å²) in [5.74, 6) is -0.634. The minimum Gasteiger partial charge on any atom is -0.378 e. The van der Waals surface area contributed by atoms with Crippen LogP contribution in [-0.4, -0.2) is 14.3 Å². The quantitative estimate of drug-likeness (QED) is 0.292. The number of amides is 1. The van der Waals surface area contributed by atoms with Crippen molar-refractivity contribution in [2.45, 2.75) is 11.8 Å². The maximum atomic E-state index is 12.7. The summed E-state index contributed by atoms with van der Waals surface area (Å²) in [4.78, 5) is 12.5. The molecule has 0 saturated carbocycles. The van der Waals surface area contributed by atoms with E-state index in [0.717, 1.165) is 5.56 Å². The Morgan fingerprint density at radius 1 is 1.06 bits per heavy atom. The van der Waals surface area contributed by atoms with E-state index in [0.29, 0.717) is 10.2 Å². The number of para-hydroxylation sites is 1. The monoisotopic (exact) mass is 496 g/mol. The Hall–Kier alpha value is -3.41. The lowest BCUT2D eigenvalue weighted by Crippen LogP contribution is -2.14. The van der Waals surface area contributed by atoms with Crippen LogP contribution < -0.4 is 9.50 Å². The normalized spacial score (nSPS) is 11.5. The number of carbonyl (C=O) groups is 1. The lowest BCUT2D eigenvalue weighted by atomic mass is 10.1. The number of aryl methyl sites for hydroxylation is 1. The van der Waals surface area contributed by atoms with Crippen LogP contribution in [0, 0.1) is 18.3 Å². The van der Waals surface area contributed by atoms with Gasteiger partial charge in [0.1, 0.15) is 22.3 Å². The predicted molar refractivity (Wildman–Crippen MR) is 122 cm³/mol. The van der Waals surface area contributed by atoms with Crippen molar-refractivity contribution in [2.24, 2.45) is 0 Å². The fourth-order valence-corrected chi connectivity index (χ4v) is 3.94. The zero-order valence-corrected chi connectivity index (χ0v) is 18.8. The first-order valence-corrected chi connectivity index (χ1v) is 11.3. The zero-order valence-electron chi connectivity index (χ0n) is 16.4. The van der Waals surface area contributed by atoms with Crippen LogP contribution in [0.2, 0.25) is 0 Å². The minimum atomic E-state index is -4.10. The van der Waals surface area contributed by atoms with Crippen molar-refractivity contribution in [1.82, 2.24) is 0 Å². The van der Waals surface area contributed by atoms with Gasteiger partial charge in [0.25, 0.3) is 5.91 Å². The molecule has 0 bridgehead atoms. The second kappa shape index (κ2) is 9.60. The fourth-order valence-electron chi connectivity index (χ4n) is 2.60. The number of nitriles is 1. The van der Waals surface area contributed by atoms with Crippen LogP contribution in [-0.2, 0) is 14.9 Å². The molecule has 0 aliphatic heterocycles. The number of carbonyl (C=O) groups excluding carboxylic acids is 1. The molecule has 1 N–H and O–H groups in total. The van der Waals surface area contributed by atoms with E-state index in [9.17, 15) is 18.5 Å². The van der Waals surface area contributed by atoms with Gasteiger partial charge < -0.3 is 9.50 Å². The van der Waals surface area contributed by atoms with E-state index in [1.54, 1.807) is 54.6 Å². The smallest absolute Gasteiger partial charge is 0.339 e. The van der Waals surface area contributed by atoms with Gasteiger partial charge in [-0.1, -0.05) is 51.8 Å². The summed E-state index contributed by atoms with van der Waals surface area (Å²) in [6.07, 6.45) is 1.28. The number of benzene rings is 3. The molecule has 6 nitrogen and oxygen atoms in total. The van der Waals surface area contributed by atoms with Crippen molar-refractivity contribution in [3.8, 4) is 11.8 Å². The van der Waals surface area contributed by atoms with Crippen LogP contribution in [0.4, 0.5) is 5.69 Å². The fraction of sp³-hybridized carbons (Fsp3) is 0.0435. The molecule has 8 heteroatoms. The first-order chi connectivity index (χ1) is 14.8. The third kappa shape index (κ3) is 5.81. The highest BCUT2D eigenvalue weighted by Crippen LogP contribution is 2.28. The summed E-state index contributed by atoms with van der Waals surface area (Å²) in [5, 5.41) is 12.1. The molecule has 0 unspecified atom stereocenters. The minimum absolute atomic E-state index is 0.00160. The molecule has 0 aromatic heterocycles. The molecule has 156 valence electrons. The number of hydrogen-bond donors (Lipinski definition) is 1. The van der Waals surface area contributed by atoms with E-state index in [2.05, 4.69) is 21.2 Å². The molecule has 1 amide bonds. The van der Waals surface area contributed by atoms with Crippen molar-refractivity contribution < 1.29 is 17.4 Å². The van der Waals surface area contributed by atoms with Gasteiger partial charge in [0, 0.05) is 15.7 Å². The van der Waals surface area contributed by atoms with E-state index >= 15 is 0 Å². The maximum Gasteiger partial charge on any atom is 0.339 e. The molecule has 3 rings (SSSR count). The van der Waals surface area contributed by atoms with Gasteiger partial charge in [-0.25, -0.2) is 0 Å². The zero-order chi connectivity index (χ0) is 22.4. The number of nitrogens with zero attached hydrogens (tertiary/aromatic N) is 1. The van der Waals surface area contributed by atoms with Crippen LogP contribution in [0.25, 0.3) is 6.08 Å². The van der Waals surface area contributed by atoms with E-state index < -0.39 is 16.0 Å². The highest BCUT2D eigenvalue weighted by Gasteiger charge is 2.19. The topological polar surface area (TPSA) is 96.3 Å². The van der Waals surface area contributed by atoms with Gasteiger partial charge >= 0.3 is 10.1 Å². The predicted octanol–water partition coefficient (Wildman–Crippen LogP) is 5.07. The van der Waals surface area contributed by atoms with Crippen molar-refractivity contribution >= 4 is 43.7 Å². The van der Waals surface area contributed by atoms with Crippen LogP contribution in [0.1, 0.15) is 11.1 Å². The Morgan fingerprint density at radius 2 is 1.74 bits per heavy atom. The third-order valence-corrected chi connectivity index (χ3v) is 5.92. The number of rotatable bonds is 6. The number of nitrogens with one attached hydrogen (secondary N) is 1. The molecule has 0 atom stereocenters. The van der Waals surface area contributed by atoms with Crippen molar-refractivity contribution in [3.63, 3.8) is 0 Å². The molecular weight excluding hydrogens is 480 g/mol. The van der Waals surface area contributed by atoms with Crippen LogP contribution in [0.15, 0.2) is 87.7 Å². The van der Waals surface area contributed by atoms with Gasteiger partial charge in [-0.15, -0.1) is 0 Å². The standard InChI is InChI=1S/C23H17BrN2O4S/c1-16-7-10-21(11-8-16)31(28,29)30-22-12-9-19(24)14-17(22)13-18(15-25)23(27)26-20-5-3-2-4-6-20/h2-14H,1H3,(H,26,27)/b18-13+. The molecule has 0 fully saturated rings. The third-order valence-electron chi connectivity index (χ3n) is 4.18. The van der Waals surface area contributed by atoms with Crippen LogP contribution in [0.5, 0.6) is 5.75 Å². The van der Waals surface area contributed by atoms with E-state index in [1.807, 2.05) is 13.0 Å². The summed E-state index contributed by atoms with van der Waals surface area (Å²) in [6, 6.07) is 21.4. The lowest BCUT2D eigenvalue weighted by molar-refractivity contribution is -0.112. The first kappa shape index (κ1) is 22.3. The molecule has 3 aromatic carbocycles. The summed E-state index contributed by atoms with van der Waals surface area (Å²) in [5.41, 5.74) is 1.49. The maximum absolute atomic E-state index is 12.7. The molecule has 0 heterocycles. The first-order valence-electron chi connectivity index (χ1n) is 9.07. The van der Waals surface area contributed by atoms with Gasteiger partial charge in [-0.2, -0.15) is 13.7 Å². The highest BCUT2D eigenvalue weighted by molar-refractivity contribution is 9.10. The molecular formula is C23H17BrN2O4S. The van der Waals surface area contributed by atoms with Gasteiger partial charge in [0.15, 0.2) is 0 Å². The number of anilines is 1. The van der Waals surface area contributed by atoms with E-state index in [-0.39, 0.29) is 21.8 Å². The Bertz CT molecular complexity index is 1280. The second-order valence-corrected chi connectivity index (χ2v) is 8.98. The van der Waals surface area contributed by atoms with E-state index in [1.165, 1.54) is 24.3 Å². The van der Waals surface area contributed by atoms with Gasteiger partial charge in [-0.05, 0) is 55.5 Å². The molecule has 0 radical (unpaired) electrons. The lowest BCUT2D eigenvalue weighted by Gasteiger charge is -2.11. The summed E-state index contributed by atoms with van der Waals surface area (Å²) in [6.45, 7) is 1.85. The highest BCUT2D eigenvalue weighted by atomic mass is 79.9. The number of halogens is 1. The van der Waals surface area contributed by atoms with Crippen LogP contribution >= 0.6 is 15.9 Å². The molecule has 0 aliphatic carbocycles. The molecule has 31 heavy (non-hydrogen) atoms. The second-order valence-electron chi connectivity index (χ2n) is 6.52. The van der Waals surface area contributed by atoms with Crippen LogP contribution in [0.3, 0.4) is 0 Å². The number of hydrogen-bond acceptors (Lipinski definition) is 5. The largest absolute Gasteiger partial charge is 0.378 e. The Kier molecular flexibility index (Phi) is 6.90. The summed E-state index contributed by atoms with van der Waals surface area (Å²) >= 11 is 3.31. The van der Waals surface area contributed by atoms with E-state index in [4.69, 9.17) is 4.18 Å². The molecule has 0 saturated heterocycles. The van der Waals surface area contributed by atoms with Crippen molar-refractivity contribution in [2.75, 3.05) is 5.32 Å². The molecule has 0 spiro atoms. The summed E-state index contributed by atoms with van der Waals surface area (Å²) in [7, 11) is -4.10. The Morgan fingerprint density at radius 3 is 2.39 bits per heavy atom. The average Bonchev–Trinajstić information content (AvgIpc) is 2.74. The van der Waals surface area contributed by atoms with Crippen molar-refractivity contribution in [1.29, 1.82) is 5.26 Å². The molecule has 3 aromatic rings. The Balaban J connectivity index is 1.94.